The minimum atomic E-state index is -0.900. The molecule has 0 radical (unpaired) electrons. The van der Waals surface area contributed by atoms with Crippen LogP contribution < -0.4 is 10.6 Å². The van der Waals surface area contributed by atoms with Crippen LogP contribution in [0.1, 0.15) is 49.9 Å². The van der Waals surface area contributed by atoms with Gasteiger partial charge >= 0.3 is 6.09 Å². The number of hydrogen-bond donors (Lipinski definition) is 2. The number of pyridine rings is 1. The summed E-state index contributed by atoms with van der Waals surface area (Å²) in [5.74, 6) is -2.20. The Balaban J connectivity index is 1.52. The van der Waals surface area contributed by atoms with Crippen molar-refractivity contribution in [1.82, 2.24) is 19.7 Å². The fourth-order valence-electron chi connectivity index (χ4n) is 5.08. The molecular weight excluding hydrogens is 558 g/mol. The molecule has 0 saturated carbocycles. The smallest absolute Gasteiger partial charge is 0.412 e. The number of anilines is 2. The van der Waals surface area contributed by atoms with Crippen LogP contribution >= 0.6 is 11.6 Å². The van der Waals surface area contributed by atoms with Crippen molar-refractivity contribution in [3.8, 4) is 5.69 Å². The normalized spacial score (nSPS) is 19.3. The third kappa shape index (κ3) is 5.78. The standard InChI is InChI=1S/C28H27ClF2N6O4/c1-15-4-3-5-21(36-11-9-16(12-24(36)38)25-19(30)7-6-18(29)26(25)31)20-13-17(8-10-32-20)37-23(34-27(15)39)14-22(35-37)33-28(40)41-2/h6-8,10,12-15,21H,3-5,9,11H2,1-2H3,(H,34,39)(H,33,35,40). The first kappa shape index (κ1) is 28.2. The van der Waals surface area contributed by atoms with Crippen molar-refractivity contribution in [2.75, 3.05) is 24.3 Å². The summed E-state index contributed by atoms with van der Waals surface area (Å²) in [6, 6.07) is 6.69. The quantitative estimate of drug-likeness (QED) is 0.393. The van der Waals surface area contributed by atoms with Crippen LogP contribution in [-0.4, -0.2) is 51.2 Å². The lowest BCUT2D eigenvalue weighted by Crippen LogP contribution is -2.38. The van der Waals surface area contributed by atoms with Gasteiger partial charge in [-0.05, 0) is 49.1 Å². The number of rotatable bonds is 3. The highest BCUT2D eigenvalue weighted by Gasteiger charge is 2.31. The SMILES string of the molecule is COC(=O)Nc1cc2n(n1)-c1ccnc(c1)C(N1CCC(c3c(F)ccc(Cl)c3F)=CC1=O)CCCC(C)C(=O)N2. The molecule has 3 amide bonds. The van der Waals surface area contributed by atoms with Crippen molar-refractivity contribution in [1.29, 1.82) is 0 Å². The maximum absolute atomic E-state index is 14.7. The zero-order valence-electron chi connectivity index (χ0n) is 22.3. The molecule has 0 spiro atoms. The van der Waals surface area contributed by atoms with Gasteiger partial charge in [0.2, 0.25) is 11.8 Å². The summed E-state index contributed by atoms with van der Waals surface area (Å²) >= 11 is 5.87. The zero-order valence-corrected chi connectivity index (χ0v) is 23.0. The van der Waals surface area contributed by atoms with Gasteiger partial charge in [-0.3, -0.25) is 19.9 Å². The molecule has 41 heavy (non-hydrogen) atoms. The molecule has 2 unspecified atom stereocenters. The molecular formula is C28H27ClF2N6O4. The van der Waals surface area contributed by atoms with Gasteiger partial charge in [-0.2, -0.15) is 0 Å². The van der Waals surface area contributed by atoms with E-state index in [1.807, 2.05) is 0 Å². The van der Waals surface area contributed by atoms with Crippen molar-refractivity contribution in [3.63, 3.8) is 0 Å². The van der Waals surface area contributed by atoms with E-state index in [2.05, 4.69) is 25.5 Å². The van der Waals surface area contributed by atoms with E-state index in [0.29, 0.717) is 36.5 Å². The Bertz CT molecular complexity index is 1560. The highest BCUT2D eigenvalue weighted by Crippen LogP contribution is 2.36. The molecule has 0 aliphatic carbocycles. The number of carbonyl (C=O) groups is 3. The van der Waals surface area contributed by atoms with E-state index in [4.69, 9.17) is 11.6 Å². The molecule has 2 aromatic heterocycles. The Morgan fingerprint density at radius 3 is 2.76 bits per heavy atom. The third-order valence-electron chi connectivity index (χ3n) is 7.23. The Morgan fingerprint density at radius 2 is 2.00 bits per heavy atom. The van der Waals surface area contributed by atoms with Crippen molar-refractivity contribution < 1.29 is 27.9 Å². The Morgan fingerprint density at radius 1 is 1.20 bits per heavy atom. The largest absolute Gasteiger partial charge is 0.453 e. The first-order chi connectivity index (χ1) is 19.7. The lowest BCUT2D eigenvalue weighted by Gasteiger charge is -2.34. The average molecular weight is 585 g/mol. The second-order valence-corrected chi connectivity index (χ2v) is 10.3. The van der Waals surface area contributed by atoms with Gasteiger partial charge in [-0.15, -0.1) is 5.10 Å². The predicted molar refractivity (Wildman–Crippen MR) is 147 cm³/mol. The number of nitrogens with zero attached hydrogens (tertiary/aromatic N) is 4. The van der Waals surface area contributed by atoms with E-state index < -0.39 is 29.7 Å². The highest BCUT2D eigenvalue weighted by atomic mass is 35.5. The lowest BCUT2D eigenvalue weighted by atomic mass is 9.94. The molecule has 1 aromatic carbocycles. The molecule has 4 heterocycles. The molecule has 2 atom stereocenters. The summed E-state index contributed by atoms with van der Waals surface area (Å²) in [5.41, 5.74) is 1.05. The third-order valence-corrected chi connectivity index (χ3v) is 7.53. The number of carbonyl (C=O) groups excluding carboxylic acids is 3. The molecule has 5 rings (SSSR count). The number of benzene rings is 1. The van der Waals surface area contributed by atoms with E-state index in [-0.39, 0.29) is 46.8 Å². The van der Waals surface area contributed by atoms with Gasteiger partial charge in [-0.25, -0.2) is 18.3 Å². The van der Waals surface area contributed by atoms with Crippen LogP contribution in [-0.2, 0) is 14.3 Å². The van der Waals surface area contributed by atoms with Gasteiger partial charge in [0.25, 0.3) is 0 Å². The number of nitrogens with one attached hydrogen (secondary N) is 2. The molecule has 2 aliphatic rings. The highest BCUT2D eigenvalue weighted by molar-refractivity contribution is 6.31. The minimum Gasteiger partial charge on any atom is -0.453 e. The van der Waals surface area contributed by atoms with Crippen molar-refractivity contribution in [2.45, 2.75) is 38.6 Å². The van der Waals surface area contributed by atoms with Crippen molar-refractivity contribution in [2.24, 2.45) is 5.92 Å². The van der Waals surface area contributed by atoms with E-state index in [1.54, 1.807) is 30.2 Å². The van der Waals surface area contributed by atoms with Gasteiger partial charge < -0.3 is 15.0 Å². The summed E-state index contributed by atoms with van der Waals surface area (Å²) in [5, 5.41) is 9.55. The predicted octanol–water partition coefficient (Wildman–Crippen LogP) is 5.49. The lowest BCUT2D eigenvalue weighted by molar-refractivity contribution is -0.129. The van der Waals surface area contributed by atoms with Crippen LogP contribution in [0.5, 0.6) is 0 Å². The van der Waals surface area contributed by atoms with Crippen LogP contribution in [0.3, 0.4) is 0 Å². The van der Waals surface area contributed by atoms with E-state index in [0.717, 1.165) is 12.1 Å². The van der Waals surface area contributed by atoms with Crippen LogP contribution in [0.25, 0.3) is 11.3 Å². The van der Waals surface area contributed by atoms with Gasteiger partial charge in [0.05, 0.1) is 35.1 Å². The molecule has 0 saturated heterocycles. The summed E-state index contributed by atoms with van der Waals surface area (Å²) in [4.78, 5) is 44.3. The topological polar surface area (TPSA) is 118 Å². The van der Waals surface area contributed by atoms with Crippen molar-refractivity contribution >= 4 is 46.7 Å². The van der Waals surface area contributed by atoms with Crippen LogP contribution in [0, 0.1) is 17.6 Å². The first-order valence-corrected chi connectivity index (χ1v) is 13.4. The molecule has 10 nitrogen and oxygen atoms in total. The molecule has 2 aliphatic heterocycles. The maximum atomic E-state index is 14.7. The number of methoxy groups -OCH3 is 1. The number of halogens is 3. The van der Waals surface area contributed by atoms with Gasteiger partial charge in [0.15, 0.2) is 11.6 Å². The number of aromatic nitrogens is 3. The van der Waals surface area contributed by atoms with Gasteiger partial charge in [-0.1, -0.05) is 24.9 Å². The second kappa shape index (κ2) is 11.7. The Hall–Kier alpha value is -4.32. The zero-order chi connectivity index (χ0) is 29.3. The maximum Gasteiger partial charge on any atom is 0.412 e. The van der Waals surface area contributed by atoms with Crippen LogP contribution in [0.15, 0.2) is 42.6 Å². The molecule has 2 N–H and O–H groups in total. The monoisotopic (exact) mass is 584 g/mol. The number of hydrogen-bond acceptors (Lipinski definition) is 6. The molecule has 214 valence electrons. The van der Waals surface area contributed by atoms with E-state index in [9.17, 15) is 23.2 Å². The fraction of sp³-hybridized carbons (Fsp3) is 0.321. The van der Waals surface area contributed by atoms with E-state index >= 15 is 0 Å². The van der Waals surface area contributed by atoms with Gasteiger partial charge in [0.1, 0.15) is 11.6 Å². The first-order valence-electron chi connectivity index (χ1n) is 13.0. The Labute approximate surface area is 239 Å². The fourth-order valence-corrected chi connectivity index (χ4v) is 5.24. The van der Waals surface area contributed by atoms with Crippen molar-refractivity contribution in [3.05, 3.63) is 70.5 Å². The summed E-state index contributed by atoms with van der Waals surface area (Å²) in [6.07, 6.45) is 3.95. The van der Waals surface area contributed by atoms with Gasteiger partial charge in [0, 0.05) is 30.8 Å². The van der Waals surface area contributed by atoms with E-state index in [1.165, 1.54) is 23.9 Å². The summed E-state index contributed by atoms with van der Waals surface area (Å²) in [7, 11) is 1.23. The minimum absolute atomic E-state index is 0.161. The molecule has 2 bridgehead atoms. The van der Waals surface area contributed by atoms with Crippen LogP contribution in [0.4, 0.5) is 25.2 Å². The second-order valence-electron chi connectivity index (χ2n) is 9.89. The molecule has 0 fully saturated rings. The summed E-state index contributed by atoms with van der Waals surface area (Å²) in [6.45, 7) is 2.00. The molecule has 3 aromatic rings. The average Bonchev–Trinajstić information content (AvgIpc) is 3.35. The molecule has 13 heteroatoms. The summed E-state index contributed by atoms with van der Waals surface area (Å²) < 4.78 is 35.3. The van der Waals surface area contributed by atoms with Crippen LogP contribution in [0.2, 0.25) is 5.02 Å². The number of ether oxygens (including phenoxy) is 1. The number of fused-ring (bicyclic) bond motifs is 4. The number of amides is 3. The Kier molecular flexibility index (Phi) is 8.02.